The Balaban J connectivity index is 1.35. The Morgan fingerprint density at radius 1 is 0.545 bits per heavy atom. The van der Waals surface area contributed by atoms with Crippen LogP contribution in [0, 0.1) is 20.8 Å². The zero-order valence-corrected chi connectivity index (χ0v) is 34.7. The first-order valence-corrected chi connectivity index (χ1v) is 19.5. The molecule has 2 N–H and O–H groups in total. The van der Waals surface area contributed by atoms with Gasteiger partial charge in [0.15, 0.2) is 0 Å². The summed E-state index contributed by atoms with van der Waals surface area (Å²) in [5, 5.41) is 9.97. The molecule has 0 fully saturated rings. The van der Waals surface area contributed by atoms with Gasteiger partial charge >= 0.3 is 0 Å². The van der Waals surface area contributed by atoms with E-state index in [9.17, 15) is 0 Å². The molecule has 0 saturated heterocycles. The molecule has 2 heterocycles. The first-order valence-electron chi connectivity index (χ1n) is 19.5. The molecule has 5 nitrogen and oxygen atoms in total. The molecule has 0 bridgehead atoms. The van der Waals surface area contributed by atoms with Crippen molar-refractivity contribution >= 4 is 44.6 Å². The van der Waals surface area contributed by atoms with Crippen molar-refractivity contribution in [3.8, 4) is 17.3 Å². The van der Waals surface area contributed by atoms with Gasteiger partial charge in [-0.05, 0) is 108 Å². The fraction of sp³-hybridized carbons (Fsp3) is 0.300. The van der Waals surface area contributed by atoms with Gasteiger partial charge in [0, 0.05) is 46.0 Å². The van der Waals surface area contributed by atoms with E-state index in [-0.39, 0.29) is 16.2 Å². The van der Waals surface area contributed by atoms with E-state index in [1.165, 1.54) is 33.2 Å². The van der Waals surface area contributed by atoms with E-state index in [1.54, 1.807) is 0 Å². The van der Waals surface area contributed by atoms with Gasteiger partial charge in [-0.15, -0.1) is 0 Å². The zero-order valence-electron chi connectivity index (χ0n) is 34.7. The van der Waals surface area contributed by atoms with Crippen LogP contribution in [0.5, 0.6) is 11.5 Å². The van der Waals surface area contributed by atoms with Crippen LogP contribution >= 0.6 is 0 Å². The zero-order chi connectivity index (χ0) is 39.4. The number of ether oxygens (including phenoxy) is 1. The van der Waals surface area contributed by atoms with Gasteiger partial charge in [0.2, 0.25) is 0 Å². The average molecular weight is 729 g/mol. The van der Waals surface area contributed by atoms with Crippen molar-refractivity contribution in [2.75, 3.05) is 10.6 Å². The molecule has 0 atom stereocenters. The maximum atomic E-state index is 7.03. The Morgan fingerprint density at radius 3 is 1.82 bits per heavy atom. The number of hydrogen-bond donors (Lipinski definition) is 2. The first kappa shape index (κ1) is 37.8. The number of aromatic nitrogens is 2. The Bertz CT molecular complexity index is 2530. The average Bonchev–Trinajstić information content (AvgIpc) is 3.43. The van der Waals surface area contributed by atoms with Crippen LogP contribution in [-0.4, -0.2) is 9.55 Å². The molecule has 7 aromatic rings. The van der Waals surface area contributed by atoms with E-state index in [0.29, 0.717) is 0 Å². The largest absolute Gasteiger partial charge is 0.457 e. The summed E-state index contributed by atoms with van der Waals surface area (Å²) in [5.74, 6) is 2.50. The minimum atomic E-state index is -0.176. The molecule has 7 rings (SSSR count). The van der Waals surface area contributed by atoms with Crippen molar-refractivity contribution < 1.29 is 4.74 Å². The number of fused-ring (bicyclic) bond motifs is 3. The molecule has 0 unspecified atom stereocenters. The van der Waals surface area contributed by atoms with Crippen molar-refractivity contribution in [1.82, 2.24) is 9.55 Å². The van der Waals surface area contributed by atoms with Gasteiger partial charge in [-0.2, -0.15) is 0 Å². The second kappa shape index (κ2) is 13.9. The number of nitrogens with one attached hydrogen (secondary N) is 2. The highest BCUT2D eigenvalue weighted by Crippen LogP contribution is 2.44. The van der Waals surface area contributed by atoms with Crippen LogP contribution in [0.4, 0.5) is 22.7 Å². The third-order valence-electron chi connectivity index (χ3n) is 10.6. The summed E-state index contributed by atoms with van der Waals surface area (Å²) in [4.78, 5) is 4.90. The SMILES string of the molecule is Cc1cc(C)c(Nc2ccccc2Nc2cc(Oc3ccc4c5ccccc5n(-c5cc(C(C)(C)C)ccn5)c4c3)c(C(C)(C)C)cc2C(C)(C)C)c(C)c1. The molecular weight excluding hydrogens is 673 g/mol. The lowest BCUT2D eigenvalue weighted by Gasteiger charge is -2.30. The molecule has 2 aromatic heterocycles. The normalized spacial score (nSPS) is 12.4. The van der Waals surface area contributed by atoms with Crippen LogP contribution in [-0.2, 0) is 16.2 Å². The monoisotopic (exact) mass is 728 g/mol. The summed E-state index contributed by atoms with van der Waals surface area (Å²) in [7, 11) is 0. The molecular formula is C50H56N4O. The minimum Gasteiger partial charge on any atom is -0.457 e. The van der Waals surface area contributed by atoms with Crippen LogP contribution in [0.15, 0.2) is 109 Å². The van der Waals surface area contributed by atoms with E-state index >= 15 is 0 Å². The maximum absolute atomic E-state index is 7.03. The highest BCUT2D eigenvalue weighted by Gasteiger charge is 2.28. The second-order valence-corrected chi connectivity index (χ2v) is 18.2. The molecule has 282 valence electrons. The molecule has 0 saturated carbocycles. The predicted molar refractivity (Wildman–Crippen MR) is 235 cm³/mol. The summed E-state index contributed by atoms with van der Waals surface area (Å²) < 4.78 is 9.31. The Kier molecular flexibility index (Phi) is 9.57. The topological polar surface area (TPSA) is 51.1 Å². The van der Waals surface area contributed by atoms with Gasteiger partial charge in [-0.25, -0.2) is 4.98 Å². The summed E-state index contributed by atoms with van der Waals surface area (Å²) >= 11 is 0. The minimum absolute atomic E-state index is 0.00578. The molecule has 5 heteroatoms. The third kappa shape index (κ3) is 7.58. The summed E-state index contributed by atoms with van der Waals surface area (Å²) in [5.41, 5.74) is 13.3. The smallest absolute Gasteiger partial charge is 0.137 e. The molecule has 55 heavy (non-hydrogen) atoms. The van der Waals surface area contributed by atoms with Gasteiger partial charge in [0.1, 0.15) is 17.3 Å². The van der Waals surface area contributed by atoms with E-state index in [1.807, 2.05) is 6.20 Å². The Labute approximate surface area is 327 Å². The number of hydrogen-bond acceptors (Lipinski definition) is 4. The van der Waals surface area contributed by atoms with Crippen molar-refractivity contribution in [1.29, 1.82) is 0 Å². The van der Waals surface area contributed by atoms with Gasteiger partial charge in [0.05, 0.1) is 22.4 Å². The summed E-state index contributed by atoms with van der Waals surface area (Å²) in [6, 6.07) is 36.8. The number of para-hydroxylation sites is 3. The van der Waals surface area contributed by atoms with Crippen molar-refractivity contribution in [2.24, 2.45) is 0 Å². The molecule has 0 aliphatic rings. The summed E-state index contributed by atoms with van der Waals surface area (Å²) in [6.45, 7) is 26.8. The lowest BCUT2D eigenvalue weighted by atomic mass is 9.79. The quantitative estimate of drug-likeness (QED) is 0.172. The number of aryl methyl sites for hydroxylation is 3. The summed E-state index contributed by atoms with van der Waals surface area (Å²) in [6.07, 6.45) is 1.93. The van der Waals surface area contributed by atoms with Crippen molar-refractivity contribution in [3.05, 3.63) is 143 Å². The molecule has 0 amide bonds. The van der Waals surface area contributed by atoms with E-state index in [4.69, 9.17) is 9.72 Å². The van der Waals surface area contributed by atoms with Crippen LogP contribution in [0.1, 0.15) is 95.7 Å². The number of nitrogens with zero attached hydrogens (tertiary/aromatic N) is 2. The number of rotatable bonds is 7. The fourth-order valence-electron chi connectivity index (χ4n) is 7.73. The fourth-order valence-corrected chi connectivity index (χ4v) is 7.73. The number of anilines is 4. The highest BCUT2D eigenvalue weighted by atomic mass is 16.5. The highest BCUT2D eigenvalue weighted by molar-refractivity contribution is 6.09. The second-order valence-electron chi connectivity index (χ2n) is 18.2. The van der Waals surface area contributed by atoms with Crippen LogP contribution in [0.3, 0.4) is 0 Å². The van der Waals surface area contributed by atoms with Crippen LogP contribution in [0.25, 0.3) is 27.6 Å². The van der Waals surface area contributed by atoms with Gasteiger partial charge in [-0.3, -0.25) is 4.57 Å². The van der Waals surface area contributed by atoms with E-state index in [2.05, 4.69) is 201 Å². The van der Waals surface area contributed by atoms with Gasteiger partial charge in [-0.1, -0.05) is 110 Å². The molecule has 0 radical (unpaired) electrons. The molecule has 0 aliphatic carbocycles. The number of pyridine rings is 1. The van der Waals surface area contributed by atoms with Gasteiger partial charge < -0.3 is 15.4 Å². The predicted octanol–water partition coefficient (Wildman–Crippen LogP) is 14.3. The molecule has 0 spiro atoms. The molecule has 5 aromatic carbocycles. The van der Waals surface area contributed by atoms with E-state index < -0.39 is 0 Å². The number of benzene rings is 5. The third-order valence-corrected chi connectivity index (χ3v) is 10.6. The Morgan fingerprint density at radius 2 is 1.16 bits per heavy atom. The van der Waals surface area contributed by atoms with Gasteiger partial charge in [0.25, 0.3) is 0 Å². The Hall–Kier alpha value is -5.55. The maximum Gasteiger partial charge on any atom is 0.137 e. The lowest BCUT2D eigenvalue weighted by molar-refractivity contribution is 0.454. The van der Waals surface area contributed by atoms with Crippen molar-refractivity contribution in [2.45, 2.75) is 99.3 Å². The standard InChI is InChI=1S/C50H56N4O/c1-31-25-32(2)47(33(3)26-31)53-41-19-15-14-18-40(41)52-42-30-45(39(50(10,11)12)29-38(42)49(7,8)9)55-35-21-22-37-36-17-13-16-20-43(36)54(44(37)28-35)46-27-34(23-24-51-46)48(4,5)6/h13-30,52-53H,1-12H3. The van der Waals surface area contributed by atoms with E-state index in [0.717, 1.165) is 62.0 Å². The molecule has 0 aliphatic heterocycles. The lowest BCUT2D eigenvalue weighted by Crippen LogP contribution is -2.19. The van der Waals surface area contributed by atoms with Crippen molar-refractivity contribution in [3.63, 3.8) is 0 Å². The first-order chi connectivity index (χ1) is 25.9. The van der Waals surface area contributed by atoms with Crippen LogP contribution in [0.2, 0.25) is 0 Å². The van der Waals surface area contributed by atoms with Crippen LogP contribution < -0.4 is 15.4 Å².